The molecule has 6 heteroatoms. The Labute approximate surface area is 123 Å². The number of fused-ring (bicyclic) bond motifs is 1. The van der Waals surface area contributed by atoms with Gasteiger partial charge in [-0.15, -0.1) is 3.89 Å². The van der Waals surface area contributed by atoms with Crippen LogP contribution in [0.3, 0.4) is 0 Å². The number of hydrogen-bond donors (Lipinski definition) is 0. The zero-order valence-electron chi connectivity index (χ0n) is 12.1. The van der Waals surface area contributed by atoms with Gasteiger partial charge >= 0.3 is 0 Å². The maximum atomic E-state index is 12.9. The van der Waals surface area contributed by atoms with Crippen molar-refractivity contribution in [3.05, 3.63) is 24.0 Å². The summed E-state index contributed by atoms with van der Waals surface area (Å²) in [7, 11) is 0. The standard InChI is InChI=1S/C12H14FN3OS.C2H6/c1-9-8-16(18-13)10-2-3-14-12(11(9)10)15-4-6-17-7-5-15;1-2/h2-3,8H,4-7H2,1H3;1-2H3. The third-order valence-electron chi connectivity index (χ3n) is 3.24. The highest BCUT2D eigenvalue weighted by atomic mass is 32.2. The van der Waals surface area contributed by atoms with E-state index in [0.29, 0.717) is 0 Å². The zero-order valence-corrected chi connectivity index (χ0v) is 12.9. The average Bonchev–Trinajstić information content (AvgIpc) is 2.87. The van der Waals surface area contributed by atoms with E-state index in [1.54, 1.807) is 12.4 Å². The Balaban J connectivity index is 0.000000704. The molecule has 0 radical (unpaired) electrons. The Hall–Kier alpha value is -1.27. The van der Waals surface area contributed by atoms with Crippen molar-refractivity contribution in [2.75, 3.05) is 31.2 Å². The number of halogens is 1. The molecule has 0 unspecified atom stereocenters. The van der Waals surface area contributed by atoms with Crippen molar-refractivity contribution in [2.24, 2.45) is 0 Å². The van der Waals surface area contributed by atoms with Gasteiger partial charge in [-0.05, 0) is 18.6 Å². The van der Waals surface area contributed by atoms with Gasteiger partial charge in [-0.25, -0.2) is 4.98 Å². The fourth-order valence-corrected chi connectivity index (χ4v) is 2.81. The lowest BCUT2D eigenvalue weighted by atomic mass is 10.2. The van der Waals surface area contributed by atoms with Crippen LogP contribution in [0.5, 0.6) is 0 Å². The van der Waals surface area contributed by atoms with Gasteiger partial charge in [0, 0.05) is 30.9 Å². The summed E-state index contributed by atoms with van der Waals surface area (Å²) in [5.74, 6) is 0.932. The average molecular weight is 297 g/mol. The van der Waals surface area contributed by atoms with Crippen LogP contribution < -0.4 is 4.90 Å². The third-order valence-corrected chi connectivity index (χ3v) is 3.69. The van der Waals surface area contributed by atoms with Crippen LogP contribution in [0.4, 0.5) is 9.70 Å². The molecule has 4 nitrogen and oxygen atoms in total. The first-order chi connectivity index (χ1) is 9.81. The van der Waals surface area contributed by atoms with E-state index < -0.39 is 0 Å². The molecule has 3 heterocycles. The molecule has 1 aliphatic rings. The maximum absolute atomic E-state index is 12.9. The molecule has 1 aliphatic heterocycles. The van der Waals surface area contributed by atoms with Gasteiger partial charge in [-0.1, -0.05) is 13.8 Å². The first kappa shape index (κ1) is 15.1. The van der Waals surface area contributed by atoms with Crippen LogP contribution in [0, 0.1) is 6.92 Å². The molecule has 0 spiro atoms. The minimum Gasteiger partial charge on any atom is -0.378 e. The molecule has 20 heavy (non-hydrogen) atoms. The summed E-state index contributed by atoms with van der Waals surface area (Å²) in [6, 6.07) is 1.85. The fourth-order valence-electron chi connectivity index (χ4n) is 2.38. The Morgan fingerprint density at radius 3 is 2.65 bits per heavy atom. The summed E-state index contributed by atoms with van der Waals surface area (Å²) in [4.78, 5) is 6.66. The number of morpholine rings is 1. The van der Waals surface area contributed by atoms with Gasteiger partial charge in [0.1, 0.15) is 5.82 Å². The summed E-state index contributed by atoms with van der Waals surface area (Å²) in [6.45, 7) is 9.09. The summed E-state index contributed by atoms with van der Waals surface area (Å²) in [6.07, 6.45) is 3.54. The van der Waals surface area contributed by atoms with Crippen molar-refractivity contribution < 1.29 is 8.62 Å². The number of aromatic nitrogens is 2. The van der Waals surface area contributed by atoms with Crippen LogP contribution in [-0.2, 0) is 4.74 Å². The summed E-state index contributed by atoms with van der Waals surface area (Å²) >= 11 is 0.220. The Morgan fingerprint density at radius 1 is 1.30 bits per heavy atom. The summed E-state index contributed by atoms with van der Waals surface area (Å²) in [5.41, 5.74) is 1.92. The lowest BCUT2D eigenvalue weighted by Gasteiger charge is -2.28. The van der Waals surface area contributed by atoms with Crippen molar-refractivity contribution >= 4 is 29.1 Å². The number of pyridine rings is 1. The molecule has 0 atom stereocenters. The minimum atomic E-state index is 0.220. The third kappa shape index (κ3) is 2.76. The highest BCUT2D eigenvalue weighted by Crippen LogP contribution is 2.31. The molecule has 0 amide bonds. The van der Waals surface area contributed by atoms with E-state index in [1.165, 1.54) is 3.97 Å². The van der Waals surface area contributed by atoms with Crippen molar-refractivity contribution in [3.63, 3.8) is 0 Å². The van der Waals surface area contributed by atoms with Gasteiger partial charge in [0.05, 0.1) is 18.7 Å². The van der Waals surface area contributed by atoms with Gasteiger partial charge < -0.3 is 9.64 Å². The Morgan fingerprint density at radius 2 is 2.00 bits per heavy atom. The number of nitrogens with zero attached hydrogens (tertiary/aromatic N) is 3. The van der Waals surface area contributed by atoms with Crippen molar-refractivity contribution in [1.82, 2.24) is 8.96 Å². The van der Waals surface area contributed by atoms with Crippen LogP contribution in [-0.4, -0.2) is 35.3 Å². The number of aryl methyl sites for hydroxylation is 1. The van der Waals surface area contributed by atoms with Crippen molar-refractivity contribution in [1.29, 1.82) is 0 Å². The number of ether oxygens (including phenoxy) is 1. The van der Waals surface area contributed by atoms with Crippen LogP contribution >= 0.6 is 12.3 Å². The molecule has 0 aromatic carbocycles. The molecule has 2 aromatic rings. The molecule has 1 fully saturated rings. The Bertz CT molecular complexity index is 567. The molecule has 3 rings (SSSR count). The zero-order chi connectivity index (χ0) is 14.5. The second-order valence-electron chi connectivity index (χ2n) is 4.34. The first-order valence-electron chi connectivity index (χ1n) is 6.89. The van der Waals surface area contributed by atoms with E-state index in [4.69, 9.17) is 4.74 Å². The van der Waals surface area contributed by atoms with E-state index in [1.807, 2.05) is 26.8 Å². The topological polar surface area (TPSA) is 30.3 Å². The van der Waals surface area contributed by atoms with Crippen LogP contribution in [0.1, 0.15) is 19.4 Å². The normalized spacial score (nSPS) is 15.1. The maximum Gasteiger partial charge on any atom is 0.169 e. The van der Waals surface area contributed by atoms with Gasteiger partial charge in [-0.2, -0.15) is 0 Å². The van der Waals surface area contributed by atoms with E-state index in [0.717, 1.165) is 48.6 Å². The smallest absolute Gasteiger partial charge is 0.169 e. The predicted octanol–water partition coefficient (Wildman–Crippen LogP) is 3.59. The molecule has 2 aromatic heterocycles. The molecular weight excluding hydrogens is 277 g/mol. The summed E-state index contributed by atoms with van der Waals surface area (Å²) < 4.78 is 19.8. The predicted molar refractivity (Wildman–Crippen MR) is 82.9 cm³/mol. The quantitative estimate of drug-likeness (QED) is 0.847. The molecule has 0 N–H and O–H groups in total. The lowest BCUT2D eigenvalue weighted by Crippen LogP contribution is -2.36. The number of rotatable bonds is 2. The Kier molecular flexibility index (Phi) is 5.25. The number of anilines is 1. The van der Waals surface area contributed by atoms with Crippen LogP contribution in [0.15, 0.2) is 18.5 Å². The fraction of sp³-hybridized carbons (Fsp3) is 0.500. The van der Waals surface area contributed by atoms with Crippen LogP contribution in [0.25, 0.3) is 10.9 Å². The molecule has 0 bridgehead atoms. The van der Waals surface area contributed by atoms with Crippen molar-refractivity contribution in [3.8, 4) is 0 Å². The minimum absolute atomic E-state index is 0.220. The van der Waals surface area contributed by atoms with Gasteiger partial charge in [-0.3, -0.25) is 3.97 Å². The monoisotopic (exact) mass is 297 g/mol. The number of hydrogen-bond acceptors (Lipinski definition) is 4. The molecule has 0 saturated carbocycles. The highest BCUT2D eigenvalue weighted by molar-refractivity contribution is 7.92. The van der Waals surface area contributed by atoms with E-state index >= 15 is 0 Å². The van der Waals surface area contributed by atoms with Crippen LogP contribution in [0.2, 0.25) is 0 Å². The SMILES string of the molecule is CC.Cc1cn(SF)c2ccnc(N3CCOCC3)c12. The first-order valence-corrected chi connectivity index (χ1v) is 7.57. The molecule has 0 aliphatic carbocycles. The van der Waals surface area contributed by atoms with E-state index in [2.05, 4.69) is 9.88 Å². The summed E-state index contributed by atoms with van der Waals surface area (Å²) in [5, 5.41) is 1.03. The lowest BCUT2D eigenvalue weighted by molar-refractivity contribution is 0.122. The molecular formula is C14H20FN3OS. The van der Waals surface area contributed by atoms with Gasteiger partial charge in [0.25, 0.3) is 0 Å². The largest absolute Gasteiger partial charge is 0.378 e. The van der Waals surface area contributed by atoms with Gasteiger partial charge in [0.15, 0.2) is 12.3 Å². The second kappa shape index (κ2) is 6.95. The highest BCUT2D eigenvalue weighted by Gasteiger charge is 2.18. The van der Waals surface area contributed by atoms with E-state index in [-0.39, 0.29) is 12.3 Å². The second-order valence-corrected chi connectivity index (χ2v) is 4.87. The molecule has 110 valence electrons. The molecule has 1 saturated heterocycles. The van der Waals surface area contributed by atoms with Crippen molar-refractivity contribution in [2.45, 2.75) is 20.8 Å². The van der Waals surface area contributed by atoms with Gasteiger partial charge in [0.2, 0.25) is 0 Å². The van der Waals surface area contributed by atoms with E-state index in [9.17, 15) is 3.89 Å².